The van der Waals surface area contributed by atoms with Crippen LogP contribution in [0, 0.1) is 0 Å². The summed E-state index contributed by atoms with van der Waals surface area (Å²) < 4.78 is 44.3. The molecule has 4 rings (SSSR count). The second-order valence-corrected chi connectivity index (χ2v) is 9.67. The number of aryl methyl sites for hydroxylation is 1. The number of fused-ring (bicyclic) bond motifs is 1. The number of H-pyrrole nitrogens is 1. The van der Waals surface area contributed by atoms with Crippen molar-refractivity contribution >= 4 is 45.6 Å². The number of aromatic nitrogens is 1. The molecule has 1 aliphatic rings. The fourth-order valence-electron chi connectivity index (χ4n) is 4.35. The molecule has 0 bridgehead atoms. The molecule has 1 saturated heterocycles. The first-order valence-electron chi connectivity index (χ1n) is 12.0. The first kappa shape index (κ1) is 27.5. The highest BCUT2D eigenvalue weighted by atomic mass is 32.1. The van der Waals surface area contributed by atoms with E-state index in [1.54, 1.807) is 22.9 Å². The van der Waals surface area contributed by atoms with Gasteiger partial charge in [-0.05, 0) is 48.4 Å². The maximum absolute atomic E-state index is 13.2. The molecular weight excluding hydrogens is 525 g/mol. The SMILES string of the molecule is CCc1cc2[nH]c(C(=O)NC3CCN(C(=O)CO)CC3)c(OCC(F)(F)F)c2cc1NC(=O)c1ccsc1. The summed E-state index contributed by atoms with van der Waals surface area (Å²) in [5.74, 6) is -1.68. The molecule has 0 radical (unpaired) electrons. The molecule has 1 aliphatic heterocycles. The van der Waals surface area contributed by atoms with E-state index in [1.165, 1.54) is 22.3 Å². The molecule has 0 aliphatic carbocycles. The zero-order valence-corrected chi connectivity index (χ0v) is 21.3. The van der Waals surface area contributed by atoms with Gasteiger partial charge in [0.2, 0.25) is 5.91 Å². The monoisotopic (exact) mass is 552 g/mol. The number of carbonyl (C=O) groups is 3. The topological polar surface area (TPSA) is 124 Å². The van der Waals surface area contributed by atoms with Crippen molar-refractivity contribution in [2.75, 3.05) is 31.6 Å². The van der Waals surface area contributed by atoms with E-state index in [0.717, 1.165) is 5.56 Å². The van der Waals surface area contributed by atoms with Gasteiger partial charge in [0.1, 0.15) is 12.3 Å². The van der Waals surface area contributed by atoms with Gasteiger partial charge in [0, 0.05) is 35.6 Å². The number of amides is 3. The molecular formula is C25H27F3N4O5S. The van der Waals surface area contributed by atoms with Crippen molar-refractivity contribution in [1.29, 1.82) is 0 Å². The third-order valence-corrected chi connectivity index (χ3v) is 7.00. The number of benzene rings is 1. The number of rotatable bonds is 8. The minimum absolute atomic E-state index is 0.165. The van der Waals surface area contributed by atoms with Crippen molar-refractivity contribution in [3.63, 3.8) is 0 Å². The third kappa shape index (κ3) is 6.27. The number of carbonyl (C=O) groups excluding carboxylic acids is 3. The van der Waals surface area contributed by atoms with E-state index in [-0.39, 0.29) is 28.8 Å². The second kappa shape index (κ2) is 11.4. The number of nitrogens with zero attached hydrogens (tertiary/aromatic N) is 1. The van der Waals surface area contributed by atoms with Crippen LogP contribution in [0.15, 0.2) is 29.0 Å². The summed E-state index contributed by atoms with van der Waals surface area (Å²) in [6.45, 7) is 0.339. The van der Waals surface area contributed by atoms with Crippen LogP contribution < -0.4 is 15.4 Å². The average Bonchev–Trinajstić information content (AvgIpc) is 3.55. The molecule has 13 heteroatoms. The van der Waals surface area contributed by atoms with E-state index in [2.05, 4.69) is 15.6 Å². The second-order valence-electron chi connectivity index (χ2n) is 8.89. The van der Waals surface area contributed by atoms with Gasteiger partial charge in [0.05, 0.1) is 11.1 Å². The van der Waals surface area contributed by atoms with E-state index in [9.17, 15) is 27.6 Å². The Labute approximate surface area is 220 Å². The van der Waals surface area contributed by atoms with Gasteiger partial charge >= 0.3 is 6.18 Å². The smallest absolute Gasteiger partial charge is 0.422 e. The zero-order valence-electron chi connectivity index (χ0n) is 20.5. The Morgan fingerprint density at radius 2 is 1.95 bits per heavy atom. The van der Waals surface area contributed by atoms with E-state index in [4.69, 9.17) is 9.84 Å². The number of hydrogen-bond acceptors (Lipinski definition) is 6. The molecule has 3 heterocycles. The van der Waals surface area contributed by atoms with Crippen LogP contribution in [0.5, 0.6) is 5.75 Å². The summed E-state index contributed by atoms with van der Waals surface area (Å²) in [5, 5.41) is 18.3. The normalized spacial score (nSPS) is 14.5. The van der Waals surface area contributed by atoms with E-state index in [0.29, 0.717) is 49.1 Å². The lowest BCUT2D eigenvalue weighted by atomic mass is 10.0. The molecule has 0 unspecified atom stereocenters. The van der Waals surface area contributed by atoms with Crippen molar-refractivity contribution < 1.29 is 37.4 Å². The summed E-state index contributed by atoms with van der Waals surface area (Å²) in [6, 6.07) is 4.52. The fourth-order valence-corrected chi connectivity index (χ4v) is 4.99. The Bertz CT molecular complexity index is 1310. The van der Waals surface area contributed by atoms with Crippen LogP contribution in [0.2, 0.25) is 0 Å². The van der Waals surface area contributed by atoms with Gasteiger partial charge in [-0.3, -0.25) is 14.4 Å². The molecule has 2 aromatic heterocycles. The molecule has 1 fully saturated rings. The number of likely N-dealkylation sites (tertiary alicyclic amines) is 1. The molecule has 1 aromatic carbocycles. The molecule has 3 amide bonds. The number of alkyl halides is 3. The summed E-state index contributed by atoms with van der Waals surface area (Å²) in [7, 11) is 0. The van der Waals surface area contributed by atoms with Gasteiger partial charge in [-0.15, -0.1) is 0 Å². The standard InChI is InChI=1S/C25H27F3N4O5S/c1-2-14-9-19-17(10-18(14)31-23(35)15-5-8-38-12-15)22(37-13-25(26,27)28)21(30-19)24(36)29-16-3-6-32(7-4-16)20(34)11-33/h5,8-10,12,16,30,33H,2-4,6-7,11,13H2,1H3,(H,29,36)(H,31,35). The highest BCUT2D eigenvalue weighted by Gasteiger charge is 2.32. The van der Waals surface area contributed by atoms with Crippen LogP contribution in [0.25, 0.3) is 10.9 Å². The molecule has 0 atom stereocenters. The number of piperidine rings is 1. The van der Waals surface area contributed by atoms with Crippen molar-refractivity contribution in [1.82, 2.24) is 15.2 Å². The Morgan fingerprint density at radius 1 is 1.21 bits per heavy atom. The van der Waals surface area contributed by atoms with Crippen molar-refractivity contribution in [2.24, 2.45) is 0 Å². The van der Waals surface area contributed by atoms with Gasteiger partial charge in [0.15, 0.2) is 12.4 Å². The van der Waals surface area contributed by atoms with Crippen LogP contribution in [-0.2, 0) is 11.2 Å². The van der Waals surface area contributed by atoms with Crippen LogP contribution in [0.3, 0.4) is 0 Å². The van der Waals surface area contributed by atoms with E-state index in [1.807, 2.05) is 6.92 Å². The van der Waals surface area contributed by atoms with Crippen LogP contribution in [0.4, 0.5) is 18.9 Å². The van der Waals surface area contributed by atoms with Gasteiger partial charge in [-0.1, -0.05) is 6.92 Å². The lowest BCUT2D eigenvalue weighted by Crippen LogP contribution is -2.47. The maximum atomic E-state index is 13.2. The predicted molar refractivity (Wildman–Crippen MR) is 136 cm³/mol. The molecule has 3 aromatic rings. The number of anilines is 1. The quantitative estimate of drug-likeness (QED) is 0.339. The number of thiophene rings is 1. The number of aliphatic hydroxyl groups excluding tert-OH is 1. The van der Waals surface area contributed by atoms with Crippen molar-refractivity contribution in [3.05, 3.63) is 45.8 Å². The first-order valence-corrected chi connectivity index (χ1v) is 12.9. The molecule has 4 N–H and O–H groups in total. The van der Waals surface area contributed by atoms with Crippen molar-refractivity contribution in [3.8, 4) is 5.75 Å². The predicted octanol–water partition coefficient (Wildman–Crippen LogP) is 3.70. The molecule has 38 heavy (non-hydrogen) atoms. The zero-order chi connectivity index (χ0) is 27.4. The third-order valence-electron chi connectivity index (χ3n) is 6.31. The fraction of sp³-hybridized carbons (Fsp3) is 0.400. The first-order chi connectivity index (χ1) is 18.1. The minimum atomic E-state index is -4.64. The lowest BCUT2D eigenvalue weighted by molar-refractivity contribution is -0.153. The average molecular weight is 553 g/mol. The lowest BCUT2D eigenvalue weighted by Gasteiger charge is -2.32. The number of nitrogens with one attached hydrogen (secondary N) is 3. The van der Waals surface area contributed by atoms with Gasteiger partial charge in [0.25, 0.3) is 11.8 Å². The number of aromatic amines is 1. The van der Waals surface area contributed by atoms with Gasteiger partial charge < -0.3 is 30.4 Å². The highest BCUT2D eigenvalue weighted by Crippen LogP contribution is 2.36. The summed E-state index contributed by atoms with van der Waals surface area (Å²) in [5.41, 5.74) is 1.80. The Hall–Kier alpha value is -3.58. The summed E-state index contributed by atoms with van der Waals surface area (Å²) in [4.78, 5) is 41.9. The van der Waals surface area contributed by atoms with Crippen molar-refractivity contribution in [2.45, 2.75) is 38.4 Å². The van der Waals surface area contributed by atoms with Gasteiger partial charge in [-0.25, -0.2) is 0 Å². The molecule has 0 spiro atoms. The molecule has 9 nitrogen and oxygen atoms in total. The molecule has 0 saturated carbocycles. The Balaban J connectivity index is 1.63. The maximum Gasteiger partial charge on any atom is 0.422 e. The number of hydrogen-bond donors (Lipinski definition) is 4. The van der Waals surface area contributed by atoms with Crippen LogP contribution in [-0.4, -0.2) is 71.2 Å². The van der Waals surface area contributed by atoms with E-state index >= 15 is 0 Å². The minimum Gasteiger partial charge on any atom is -0.481 e. The summed E-state index contributed by atoms with van der Waals surface area (Å²) in [6.07, 6.45) is -3.27. The Morgan fingerprint density at radius 3 is 2.55 bits per heavy atom. The molecule has 204 valence electrons. The van der Waals surface area contributed by atoms with Crippen LogP contribution in [0.1, 0.15) is 46.2 Å². The van der Waals surface area contributed by atoms with Crippen LogP contribution >= 0.6 is 11.3 Å². The van der Waals surface area contributed by atoms with E-state index < -0.39 is 31.2 Å². The largest absolute Gasteiger partial charge is 0.481 e. The van der Waals surface area contributed by atoms with Gasteiger partial charge in [-0.2, -0.15) is 24.5 Å². The highest BCUT2D eigenvalue weighted by molar-refractivity contribution is 7.08. The summed E-state index contributed by atoms with van der Waals surface area (Å²) >= 11 is 1.36. The number of aliphatic hydroxyl groups is 1. The number of ether oxygens (including phenoxy) is 1. The Kier molecular flexibility index (Phi) is 8.26. The number of halogens is 3.